The minimum Gasteiger partial charge on any atom is -0.355 e. The summed E-state index contributed by atoms with van der Waals surface area (Å²) in [5.74, 6) is 0.682. The van der Waals surface area contributed by atoms with Crippen molar-refractivity contribution in [3.05, 3.63) is 101 Å². The van der Waals surface area contributed by atoms with Crippen molar-refractivity contribution in [3.63, 3.8) is 0 Å². The molecule has 5 nitrogen and oxygen atoms in total. The number of amides is 2. The molecule has 0 bridgehead atoms. The molecule has 3 aromatic rings. The summed E-state index contributed by atoms with van der Waals surface area (Å²) in [5.41, 5.74) is 6.70. The van der Waals surface area contributed by atoms with Gasteiger partial charge in [0.2, 0.25) is 11.8 Å². The van der Waals surface area contributed by atoms with E-state index in [0.29, 0.717) is 12.5 Å². The van der Waals surface area contributed by atoms with Gasteiger partial charge >= 0.3 is 0 Å². The molecule has 3 aromatic carbocycles. The second-order valence-electron chi connectivity index (χ2n) is 11.4. The molecule has 0 atom stereocenters. The third-order valence-electron chi connectivity index (χ3n) is 8.20. The van der Waals surface area contributed by atoms with Crippen LogP contribution < -0.4 is 10.6 Å². The van der Waals surface area contributed by atoms with Crippen LogP contribution >= 0.6 is 0 Å². The van der Waals surface area contributed by atoms with Crippen molar-refractivity contribution in [2.24, 2.45) is 5.92 Å². The molecule has 2 fully saturated rings. The third kappa shape index (κ3) is 7.36. The molecular formula is C34H41N3O2. The fourth-order valence-corrected chi connectivity index (χ4v) is 5.58. The Kier molecular flexibility index (Phi) is 8.77. The molecule has 2 aliphatic rings. The zero-order valence-corrected chi connectivity index (χ0v) is 23.3. The first-order valence-electron chi connectivity index (χ1n) is 14.5. The first kappa shape index (κ1) is 27.1. The Morgan fingerprint density at radius 1 is 0.846 bits per heavy atom. The van der Waals surface area contributed by atoms with Crippen molar-refractivity contribution >= 4 is 17.5 Å². The molecule has 0 spiro atoms. The lowest BCUT2D eigenvalue weighted by atomic mass is 9.89. The number of anilines is 1. The highest BCUT2D eigenvalue weighted by atomic mass is 16.2. The molecule has 2 amide bonds. The van der Waals surface area contributed by atoms with E-state index in [1.165, 1.54) is 16.7 Å². The summed E-state index contributed by atoms with van der Waals surface area (Å²) in [7, 11) is 0. The van der Waals surface area contributed by atoms with Crippen LogP contribution in [-0.2, 0) is 9.59 Å². The Morgan fingerprint density at radius 3 is 2.05 bits per heavy atom. The molecule has 0 radical (unpaired) electrons. The second kappa shape index (κ2) is 12.6. The molecule has 0 aromatic heterocycles. The summed E-state index contributed by atoms with van der Waals surface area (Å²) >= 11 is 0. The van der Waals surface area contributed by atoms with Gasteiger partial charge in [0.15, 0.2) is 0 Å². The van der Waals surface area contributed by atoms with E-state index in [4.69, 9.17) is 0 Å². The van der Waals surface area contributed by atoms with Gasteiger partial charge < -0.3 is 15.5 Å². The van der Waals surface area contributed by atoms with Crippen molar-refractivity contribution < 1.29 is 9.59 Å². The maximum Gasteiger partial charge on any atom is 0.232 e. The number of hydrogen-bond acceptors (Lipinski definition) is 3. The van der Waals surface area contributed by atoms with E-state index in [1.807, 2.05) is 6.07 Å². The maximum atomic E-state index is 13.3. The highest BCUT2D eigenvalue weighted by Crippen LogP contribution is 2.32. The number of nitrogens with one attached hydrogen (secondary N) is 2. The number of aryl methyl sites for hydroxylation is 2. The molecule has 0 unspecified atom stereocenters. The summed E-state index contributed by atoms with van der Waals surface area (Å²) in [6.07, 6.45) is 5.22. The van der Waals surface area contributed by atoms with Crippen molar-refractivity contribution in [2.45, 2.75) is 57.8 Å². The van der Waals surface area contributed by atoms with Crippen molar-refractivity contribution in [1.29, 1.82) is 0 Å². The van der Waals surface area contributed by atoms with Crippen LogP contribution in [0.3, 0.4) is 0 Å². The summed E-state index contributed by atoms with van der Waals surface area (Å²) in [4.78, 5) is 28.0. The number of carbonyl (C=O) groups is 2. The van der Waals surface area contributed by atoms with Gasteiger partial charge in [0.1, 0.15) is 0 Å². The van der Waals surface area contributed by atoms with Crippen LogP contribution in [0, 0.1) is 19.8 Å². The zero-order valence-electron chi connectivity index (χ0n) is 23.3. The molecule has 1 aliphatic carbocycles. The number of nitrogens with zero attached hydrogens (tertiary/aromatic N) is 1. The zero-order chi connectivity index (χ0) is 27.2. The van der Waals surface area contributed by atoms with Crippen LogP contribution in [0.15, 0.2) is 72.8 Å². The average molecular weight is 524 g/mol. The van der Waals surface area contributed by atoms with Gasteiger partial charge in [0.25, 0.3) is 0 Å². The molecule has 1 saturated heterocycles. The topological polar surface area (TPSA) is 61.4 Å². The Hall–Kier alpha value is -3.44. The SMILES string of the molecule is Cc1ccc(C(C(=O)NCCCN2CCC(c3cccc(NC(=O)C4CC4)c3)CC2)c2ccc(C)cc2)cc1. The van der Waals surface area contributed by atoms with Gasteiger partial charge in [-0.05, 0) is 100 Å². The lowest BCUT2D eigenvalue weighted by molar-refractivity contribution is -0.121. The van der Waals surface area contributed by atoms with Gasteiger partial charge in [-0.25, -0.2) is 0 Å². The first-order valence-corrected chi connectivity index (χ1v) is 14.5. The minimum absolute atomic E-state index is 0.0649. The molecule has 5 heteroatoms. The number of carbonyl (C=O) groups excluding carboxylic acids is 2. The van der Waals surface area contributed by atoms with Crippen molar-refractivity contribution in [2.75, 3.05) is 31.5 Å². The Labute approximate surface area is 233 Å². The molecule has 1 saturated carbocycles. The molecule has 2 N–H and O–H groups in total. The summed E-state index contributed by atoms with van der Waals surface area (Å²) < 4.78 is 0. The average Bonchev–Trinajstić information content (AvgIpc) is 3.80. The van der Waals surface area contributed by atoms with Crippen LogP contribution in [0.25, 0.3) is 0 Å². The van der Waals surface area contributed by atoms with Crippen molar-refractivity contribution in [3.8, 4) is 0 Å². The fraction of sp³-hybridized carbons (Fsp3) is 0.412. The number of likely N-dealkylation sites (tertiary alicyclic amines) is 1. The fourth-order valence-electron chi connectivity index (χ4n) is 5.58. The standard InChI is InChI=1S/C34H41N3O2/c1-24-7-11-27(12-8-24)32(28-13-9-25(2)10-14-28)34(39)35-19-4-20-37-21-17-26(18-22-37)30-5-3-6-31(23-30)36-33(38)29-15-16-29/h3,5-14,23,26,29,32H,4,15-22H2,1-2H3,(H,35,39)(H,36,38). The Balaban J connectivity index is 1.08. The van der Waals surface area contributed by atoms with E-state index < -0.39 is 0 Å². The van der Waals surface area contributed by atoms with Crippen LogP contribution in [0.1, 0.15) is 71.8 Å². The largest absolute Gasteiger partial charge is 0.355 e. The predicted octanol–water partition coefficient (Wildman–Crippen LogP) is 6.17. The molecular weight excluding hydrogens is 482 g/mol. The van der Waals surface area contributed by atoms with Gasteiger partial charge in [-0.15, -0.1) is 0 Å². The molecule has 1 aliphatic heterocycles. The van der Waals surface area contributed by atoms with E-state index in [9.17, 15) is 9.59 Å². The molecule has 204 valence electrons. The Morgan fingerprint density at radius 2 is 1.46 bits per heavy atom. The molecule has 39 heavy (non-hydrogen) atoms. The normalized spacial score (nSPS) is 16.3. The van der Waals surface area contributed by atoms with Crippen LogP contribution in [-0.4, -0.2) is 42.9 Å². The molecule has 5 rings (SSSR count). The van der Waals surface area contributed by atoms with E-state index in [2.05, 4.69) is 96.1 Å². The Bertz CT molecular complexity index is 1210. The number of benzene rings is 3. The lowest BCUT2D eigenvalue weighted by Gasteiger charge is -2.32. The first-order chi connectivity index (χ1) is 19.0. The van der Waals surface area contributed by atoms with Crippen molar-refractivity contribution in [1.82, 2.24) is 10.2 Å². The predicted molar refractivity (Wildman–Crippen MR) is 158 cm³/mol. The highest BCUT2D eigenvalue weighted by Gasteiger charge is 2.30. The third-order valence-corrected chi connectivity index (χ3v) is 8.20. The van der Waals surface area contributed by atoms with Crippen LogP contribution in [0.5, 0.6) is 0 Å². The van der Waals surface area contributed by atoms with E-state index >= 15 is 0 Å². The smallest absolute Gasteiger partial charge is 0.232 e. The quantitative estimate of drug-likeness (QED) is 0.313. The monoisotopic (exact) mass is 523 g/mol. The van der Waals surface area contributed by atoms with Gasteiger partial charge in [0.05, 0.1) is 5.92 Å². The maximum absolute atomic E-state index is 13.3. The van der Waals surface area contributed by atoms with E-state index in [0.717, 1.165) is 68.6 Å². The van der Waals surface area contributed by atoms with Gasteiger partial charge in [-0.1, -0.05) is 71.8 Å². The van der Waals surface area contributed by atoms with E-state index in [-0.39, 0.29) is 23.7 Å². The number of piperidine rings is 1. The summed E-state index contributed by atoms with van der Waals surface area (Å²) in [6.45, 7) is 7.93. The summed E-state index contributed by atoms with van der Waals surface area (Å²) in [5, 5.41) is 6.30. The minimum atomic E-state index is -0.299. The lowest BCUT2D eigenvalue weighted by Crippen LogP contribution is -2.36. The highest BCUT2D eigenvalue weighted by molar-refractivity contribution is 5.94. The van der Waals surface area contributed by atoms with Crippen LogP contribution in [0.4, 0.5) is 5.69 Å². The van der Waals surface area contributed by atoms with Gasteiger partial charge in [-0.2, -0.15) is 0 Å². The van der Waals surface area contributed by atoms with Gasteiger partial charge in [0, 0.05) is 18.2 Å². The number of rotatable bonds is 10. The van der Waals surface area contributed by atoms with E-state index in [1.54, 1.807) is 0 Å². The number of hydrogen-bond donors (Lipinski definition) is 2. The van der Waals surface area contributed by atoms with Crippen LogP contribution in [0.2, 0.25) is 0 Å². The van der Waals surface area contributed by atoms with Gasteiger partial charge in [-0.3, -0.25) is 9.59 Å². The second-order valence-corrected chi connectivity index (χ2v) is 11.4. The molecule has 1 heterocycles. The summed E-state index contributed by atoms with van der Waals surface area (Å²) in [6, 6.07) is 25.0.